The summed E-state index contributed by atoms with van der Waals surface area (Å²) in [6.45, 7) is 8.70. The Morgan fingerprint density at radius 2 is 1.94 bits per heavy atom. The van der Waals surface area contributed by atoms with Crippen molar-refractivity contribution in [3.8, 4) is 22.9 Å². The molecule has 0 amide bonds. The smallest absolute Gasteiger partial charge is 0.218 e. The molecule has 4 aromatic rings. The second kappa shape index (κ2) is 8.87. The molecule has 9 heteroatoms. The molecule has 0 aromatic carbocycles. The van der Waals surface area contributed by atoms with Gasteiger partial charge >= 0.3 is 0 Å². The highest BCUT2D eigenvalue weighted by Crippen LogP contribution is 2.37. The fourth-order valence-corrected chi connectivity index (χ4v) is 4.92. The molecule has 5 rings (SSSR count). The summed E-state index contributed by atoms with van der Waals surface area (Å²) in [5.74, 6) is 2.43. The molecule has 0 unspecified atom stereocenters. The maximum Gasteiger partial charge on any atom is 0.218 e. The predicted octanol–water partition coefficient (Wildman–Crippen LogP) is 4.68. The fourth-order valence-electron chi connectivity index (χ4n) is 4.92. The number of nitrogens with one attached hydrogen (secondary N) is 1. The zero-order valence-corrected chi connectivity index (χ0v) is 20.9. The van der Waals surface area contributed by atoms with Gasteiger partial charge in [0.15, 0.2) is 11.6 Å². The van der Waals surface area contributed by atoms with Crippen LogP contribution in [0, 0.1) is 0 Å². The van der Waals surface area contributed by atoms with Crippen molar-refractivity contribution < 1.29 is 4.74 Å². The second-order valence-corrected chi connectivity index (χ2v) is 9.84. The van der Waals surface area contributed by atoms with E-state index < -0.39 is 0 Å². The quantitative estimate of drug-likeness (QED) is 0.429. The van der Waals surface area contributed by atoms with E-state index in [1.165, 1.54) is 5.56 Å². The van der Waals surface area contributed by atoms with Crippen molar-refractivity contribution in [2.75, 3.05) is 12.4 Å². The molecule has 1 aliphatic carbocycles. The number of fused-ring (bicyclic) bond motifs is 1. The second-order valence-electron chi connectivity index (χ2n) is 9.84. The van der Waals surface area contributed by atoms with E-state index in [1.807, 2.05) is 33.2 Å². The molecule has 0 radical (unpaired) electrons. The van der Waals surface area contributed by atoms with Gasteiger partial charge in [0, 0.05) is 56.6 Å². The first-order chi connectivity index (χ1) is 16.4. The maximum atomic E-state index is 5.61. The van der Waals surface area contributed by atoms with Crippen molar-refractivity contribution >= 4 is 11.3 Å². The van der Waals surface area contributed by atoms with Crippen LogP contribution in [0.1, 0.15) is 64.5 Å². The van der Waals surface area contributed by atoms with Gasteiger partial charge in [0.05, 0.1) is 11.8 Å². The van der Waals surface area contributed by atoms with Crippen molar-refractivity contribution in [2.45, 2.75) is 71.1 Å². The van der Waals surface area contributed by atoms with Crippen LogP contribution in [0.25, 0.3) is 28.4 Å². The van der Waals surface area contributed by atoms with Crippen LogP contribution in [0.2, 0.25) is 0 Å². The van der Waals surface area contributed by atoms with Crippen molar-refractivity contribution in [1.82, 2.24) is 33.9 Å². The number of aryl methyl sites for hydroxylation is 1. The van der Waals surface area contributed by atoms with Gasteiger partial charge in [-0.1, -0.05) is 13.8 Å². The van der Waals surface area contributed by atoms with E-state index in [-0.39, 0.29) is 12.0 Å². The zero-order chi connectivity index (χ0) is 24.0. The minimum absolute atomic E-state index is 0.266. The molecular weight excluding hydrogens is 428 g/mol. The van der Waals surface area contributed by atoms with Gasteiger partial charge in [-0.2, -0.15) is 5.10 Å². The third kappa shape index (κ3) is 3.98. The van der Waals surface area contributed by atoms with E-state index in [2.05, 4.69) is 50.3 Å². The molecule has 180 valence electrons. The first-order valence-corrected chi connectivity index (χ1v) is 12.1. The summed E-state index contributed by atoms with van der Waals surface area (Å²) < 4.78 is 11.5. The summed E-state index contributed by atoms with van der Waals surface area (Å²) in [5, 5.41) is 13.5. The maximum absolute atomic E-state index is 5.61. The molecule has 34 heavy (non-hydrogen) atoms. The molecule has 9 nitrogen and oxygen atoms in total. The molecule has 1 N–H and O–H groups in total. The van der Waals surface area contributed by atoms with Gasteiger partial charge in [-0.25, -0.2) is 14.5 Å². The van der Waals surface area contributed by atoms with Gasteiger partial charge in [-0.3, -0.25) is 4.68 Å². The number of anilines is 1. The summed E-state index contributed by atoms with van der Waals surface area (Å²) >= 11 is 0. The average Bonchev–Trinajstić information content (AvgIpc) is 3.58. The highest BCUT2D eigenvalue weighted by atomic mass is 16.5. The van der Waals surface area contributed by atoms with E-state index in [0.29, 0.717) is 17.9 Å². The predicted molar refractivity (Wildman–Crippen MR) is 133 cm³/mol. The number of methoxy groups -OCH3 is 1. The minimum Gasteiger partial charge on any atom is -0.381 e. The third-order valence-electron chi connectivity index (χ3n) is 6.74. The molecule has 1 fully saturated rings. The van der Waals surface area contributed by atoms with Gasteiger partial charge in [0.25, 0.3) is 0 Å². The Kier molecular flexibility index (Phi) is 5.89. The van der Waals surface area contributed by atoms with E-state index in [4.69, 9.17) is 19.9 Å². The first-order valence-electron chi connectivity index (χ1n) is 12.1. The van der Waals surface area contributed by atoms with Crippen molar-refractivity contribution in [3.05, 3.63) is 36.4 Å². The van der Waals surface area contributed by atoms with Crippen LogP contribution >= 0.6 is 0 Å². The number of rotatable bonds is 7. The van der Waals surface area contributed by atoms with E-state index in [0.717, 1.165) is 47.7 Å². The van der Waals surface area contributed by atoms with E-state index in [9.17, 15) is 0 Å². The Labute approximate surface area is 200 Å². The molecule has 1 aliphatic rings. The lowest BCUT2D eigenvalue weighted by Gasteiger charge is -2.17. The Balaban J connectivity index is 1.69. The molecule has 0 spiro atoms. The lowest BCUT2D eigenvalue weighted by molar-refractivity contribution is 0.108. The number of aromatic nitrogens is 7. The summed E-state index contributed by atoms with van der Waals surface area (Å²) in [6, 6.07) is 2.69. The highest BCUT2D eigenvalue weighted by Gasteiger charge is 2.28. The molecule has 4 heterocycles. The van der Waals surface area contributed by atoms with Crippen LogP contribution in [0.5, 0.6) is 0 Å². The SMILES string of the molecule is CO[C@H]1CC[C@@H](Nc2nc(-c3nccn3C)nn3cc(-c4ccn(C(C)C)n4)c(C(C)C)c23)C1. The first kappa shape index (κ1) is 22.6. The van der Waals surface area contributed by atoms with Crippen LogP contribution in [0.15, 0.2) is 30.9 Å². The molecule has 4 aromatic heterocycles. The summed E-state index contributed by atoms with van der Waals surface area (Å²) in [5.41, 5.74) is 4.24. The number of hydrogen-bond acceptors (Lipinski definition) is 6. The molecule has 0 aliphatic heterocycles. The topological polar surface area (TPSA) is 87.1 Å². The van der Waals surface area contributed by atoms with Crippen LogP contribution < -0.4 is 5.32 Å². The highest BCUT2D eigenvalue weighted by molar-refractivity contribution is 5.83. The lowest BCUT2D eigenvalue weighted by atomic mass is 9.98. The number of hydrogen-bond donors (Lipinski definition) is 1. The van der Waals surface area contributed by atoms with Crippen molar-refractivity contribution in [1.29, 1.82) is 0 Å². The Morgan fingerprint density at radius 1 is 1.12 bits per heavy atom. The normalized spacial score (nSPS) is 18.6. The van der Waals surface area contributed by atoms with Crippen LogP contribution in [-0.4, -0.2) is 53.2 Å². The van der Waals surface area contributed by atoms with Crippen LogP contribution in [0.4, 0.5) is 5.82 Å². The van der Waals surface area contributed by atoms with Crippen molar-refractivity contribution in [3.63, 3.8) is 0 Å². The van der Waals surface area contributed by atoms with Gasteiger partial charge < -0.3 is 14.6 Å². The van der Waals surface area contributed by atoms with E-state index >= 15 is 0 Å². The molecule has 2 atom stereocenters. The lowest BCUT2D eigenvalue weighted by Crippen LogP contribution is -2.19. The van der Waals surface area contributed by atoms with Gasteiger partial charge in [-0.15, -0.1) is 5.10 Å². The monoisotopic (exact) mass is 462 g/mol. The minimum atomic E-state index is 0.266. The Morgan fingerprint density at radius 3 is 2.56 bits per heavy atom. The third-order valence-corrected chi connectivity index (χ3v) is 6.74. The molecule has 0 saturated heterocycles. The van der Waals surface area contributed by atoms with Gasteiger partial charge in [0.1, 0.15) is 5.52 Å². The standard InChI is InChI=1S/C25H34N8O/c1-15(2)21-19(20-9-11-32(29-20)16(3)4)14-33-22(21)23(27-17-7-8-18(13-17)34-6)28-24(30-33)25-26-10-12-31(25)5/h9-12,14-18H,7-8,13H2,1-6H3,(H,27,28,30)/t17-,18+/m1/s1. The van der Waals surface area contributed by atoms with Gasteiger partial charge in [0.2, 0.25) is 5.82 Å². The molecule has 1 saturated carbocycles. The van der Waals surface area contributed by atoms with Crippen LogP contribution in [0.3, 0.4) is 0 Å². The summed E-state index contributed by atoms with van der Waals surface area (Å²) in [7, 11) is 3.75. The average molecular weight is 463 g/mol. The zero-order valence-electron chi connectivity index (χ0n) is 20.9. The van der Waals surface area contributed by atoms with Crippen LogP contribution in [-0.2, 0) is 11.8 Å². The number of imidazole rings is 1. The van der Waals surface area contributed by atoms with E-state index in [1.54, 1.807) is 13.3 Å². The molecular formula is C25H34N8O. The number of nitrogens with zero attached hydrogens (tertiary/aromatic N) is 7. The van der Waals surface area contributed by atoms with Crippen molar-refractivity contribution in [2.24, 2.45) is 7.05 Å². The largest absolute Gasteiger partial charge is 0.381 e. The fraction of sp³-hybridized carbons (Fsp3) is 0.520. The Bertz CT molecular complexity index is 1300. The summed E-state index contributed by atoms with van der Waals surface area (Å²) in [4.78, 5) is 9.51. The number of ether oxygens (including phenoxy) is 1. The Hall–Kier alpha value is -3.20. The summed E-state index contributed by atoms with van der Waals surface area (Å²) in [6.07, 6.45) is 11.2. The van der Waals surface area contributed by atoms with Gasteiger partial charge in [-0.05, 0) is 50.7 Å². The molecule has 0 bridgehead atoms.